The Balaban J connectivity index is 2.20. The van der Waals surface area contributed by atoms with Crippen LogP contribution < -0.4 is 5.32 Å². The molecule has 2 heterocycles. The lowest BCUT2D eigenvalue weighted by Gasteiger charge is -2.18. The van der Waals surface area contributed by atoms with E-state index in [0.717, 1.165) is 5.84 Å². The van der Waals surface area contributed by atoms with E-state index in [1.54, 1.807) is 0 Å². The van der Waals surface area contributed by atoms with Crippen molar-refractivity contribution in [3.8, 4) is 0 Å². The van der Waals surface area contributed by atoms with Crippen molar-refractivity contribution in [2.45, 2.75) is 25.9 Å². The van der Waals surface area contributed by atoms with E-state index >= 15 is 0 Å². The van der Waals surface area contributed by atoms with Crippen LogP contribution in [-0.4, -0.2) is 24.1 Å². The molecule has 0 radical (unpaired) electrons. The molecule has 12 heavy (non-hydrogen) atoms. The number of amidine groups is 1. The van der Waals surface area contributed by atoms with Gasteiger partial charge in [-0.05, 0) is 12.3 Å². The number of hydrogen-bond acceptors (Lipinski definition) is 3. The SMILES string of the molecule is CC(C)C1=NC2C=CNC2C=N1. The summed E-state index contributed by atoms with van der Waals surface area (Å²) in [4.78, 5) is 8.81. The molecule has 2 aliphatic heterocycles. The van der Waals surface area contributed by atoms with E-state index in [1.807, 2.05) is 12.4 Å². The van der Waals surface area contributed by atoms with Gasteiger partial charge in [-0.15, -0.1) is 0 Å². The molecular formula is C9H13N3. The number of nitrogens with zero attached hydrogens (tertiary/aromatic N) is 2. The summed E-state index contributed by atoms with van der Waals surface area (Å²) in [6.07, 6.45) is 5.99. The van der Waals surface area contributed by atoms with Crippen LogP contribution in [0.5, 0.6) is 0 Å². The minimum absolute atomic E-state index is 0.278. The molecule has 0 aromatic carbocycles. The molecule has 2 unspecified atom stereocenters. The van der Waals surface area contributed by atoms with E-state index in [0.29, 0.717) is 12.0 Å². The minimum atomic E-state index is 0.278. The zero-order chi connectivity index (χ0) is 8.55. The highest BCUT2D eigenvalue weighted by atomic mass is 15.1. The molecule has 2 aliphatic rings. The van der Waals surface area contributed by atoms with Crippen LogP contribution in [0.15, 0.2) is 22.3 Å². The normalized spacial score (nSPS) is 31.8. The van der Waals surface area contributed by atoms with Crippen LogP contribution in [0.25, 0.3) is 0 Å². The number of hydrogen-bond donors (Lipinski definition) is 1. The van der Waals surface area contributed by atoms with E-state index in [2.05, 4.69) is 35.2 Å². The maximum Gasteiger partial charge on any atom is 0.126 e. The Kier molecular flexibility index (Phi) is 1.71. The van der Waals surface area contributed by atoms with Gasteiger partial charge in [0.25, 0.3) is 0 Å². The van der Waals surface area contributed by atoms with Gasteiger partial charge in [0.2, 0.25) is 0 Å². The summed E-state index contributed by atoms with van der Waals surface area (Å²) in [5.41, 5.74) is 0. The van der Waals surface area contributed by atoms with Gasteiger partial charge in [0, 0.05) is 12.1 Å². The van der Waals surface area contributed by atoms with Gasteiger partial charge in [0.15, 0.2) is 0 Å². The van der Waals surface area contributed by atoms with Crippen LogP contribution in [0, 0.1) is 5.92 Å². The second-order valence-corrected chi connectivity index (χ2v) is 3.46. The topological polar surface area (TPSA) is 36.8 Å². The Morgan fingerprint density at radius 1 is 1.50 bits per heavy atom. The summed E-state index contributed by atoms with van der Waals surface area (Å²) in [5.74, 6) is 1.39. The average molecular weight is 163 g/mol. The molecule has 3 heteroatoms. The molecule has 2 atom stereocenters. The highest BCUT2D eigenvalue weighted by Crippen LogP contribution is 2.13. The van der Waals surface area contributed by atoms with Crippen molar-refractivity contribution in [3.63, 3.8) is 0 Å². The minimum Gasteiger partial charge on any atom is -0.381 e. The molecule has 0 saturated carbocycles. The Morgan fingerprint density at radius 3 is 3.08 bits per heavy atom. The third kappa shape index (κ3) is 1.15. The Morgan fingerprint density at radius 2 is 2.33 bits per heavy atom. The molecule has 0 aromatic rings. The molecule has 0 aromatic heterocycles. The van der Waals surface area contributed by atoms with Crippen molar-refractivity contribution < 1.29 is 0 Å². The largest absolute Gasteiger partial charge is 0.381 e. The summed E-state index contributed by atoms with van der Waals surface area (Å²) < 4.78 is 0. The van der Waals surface area contributed by atoms with Crippen molar-refractivity contribution in [3.05, 3.63) is 12.3 Å². The van der Waals surface area contributed by atoms with Crippen LogP contribution in [0.4, 0.5) is 0 Å². The lowest BCUT2D eigenvalue weighted by Crippen LogP contribution is -2.35. The zero-order valence-electron chi connectivity index (χ0n) is 7.36. The fourth-order valence-electron chi connectivity index (χ4n) is 1.38. The van der Waals surface area contributed by atoms with Crippen molar-refractivity contribution in [2.24, 2.45) is 15.9 Å². The standard InChI is InChI=1S/C9H13N3/c1-6(2)9-11-5-8-7(12-9)3-4-10-8/h3-8,10H,1-2H3. The lowest BCUT2D eigenvalue weighted by atomic mass is 10.1. The predicted octanol–water partition coefficient (Wildman–Crippen LogP) is 0.979. The highest BCUT2D eigenvalue weighted by Gasteiger charge is 2.24. The van der Waals surface area contributed by atoms with Crippen LogP contribution in [0.1, 0.15) is 13.8 Å². The molecule has 2 rings (SSSR count). The Hall–Kier alpha value is -1.12. The second kappa shape index (κ2) is 2.73. The first-order chi connectivity index (χ1) is 5.77. The first-order valence-electron chi connectivity index (χ1n) is 4.32. The fourth-order valence-corrected chi connectivity index (χ4v) is 1.38. The van der Waals surface area contributed by atoms with E-state index < -0.39 is 0 Å². The van der Waals surface area contributed by atoms with Gasteiger partial charge >= 0.3 is 0 Å². The Bertz CT molecular complexity index is 263. The van der Waals surface area contributed by atoms with Gasteiger partial charge < -0.3 is 5.32 Å². The molecule has 3 nitrogen and oxygen atoms in total. The van der Waals surface area contributed by atoms with Crippen molar-refractivity contribution >= 4 is 12.1 Å². The van der Waals surface area contributed by atoms with Gasteiger partial charge in [0.1, 0.15) is 5.84 Å². The van der Waals surface area contributed by atoms with E-state index in [9.17, 15) is 0 Å². The van der Waals surface area contributed by atoms with Crippen molar-refractivity contribution in [1.82, 2.24) is 5.32 Å². The number of nitrogens with one attached hydrogen (secondary N) is 1. The second-order valence-electron chi connectivity index (χ2n) is 3.46. The lowest BCUT2D eigenvalue weighted by molar-refractivity contribution is 0.690. The molecule has 1 N–H and O–H groups in total. The zero-order valence-corrected chi connectivity index (χ0v) is 7.36. The maximum atomic E-state index is 4.51. The summed E-state index contributed by atoms with van der Waals surface area (Å²) in [7, 11) is 0. The first kappa shape index (κ1) is 7.53. The molecule has 0 aliphatic carbocycles. The predicted molar refractivity (Wildman–Crippen MR) is 50.6 cm³/mol. The van der Waals surface area contributed by atoms with Gasteiger partial charge in [-0.25, -0.2) is 4.99 Å². The molecule has 0 fully saturated rings. The summed E-state index contributed by atoms with van der Waals surface area (Å²) >= 11 is 0. The fraction of sp³-hybridized carbons (Fsp3) is 0.556. The molecule has 0 saturated heterocycles. The van der Waals surface area contributed by atoms with Crippen molar-refractivity contribution in [2.75, 3.05) is 0 Å². The Labute approximate surface area is 72.3 Å². The highest BCUT2D eigenvalue weighted by molar-refractivity contribution is 5.94. The van der Waals surface area contributed by atoms with Crippen LogP contribution in [-0.2, 0) is 0 Å². The van der Waals surface area contributed by atoms with Gasteiger partial charge in [-0.1, -0.05) is 13.8 Å². The van der Waals surface area contributed by atoms with E-state index in [-0.39, 0.29) is 6.04 Å². The number of rotatable bonds is 1. The van der Waals surface area contributed by atoms with Crippen molar-refractivity contribution in [1.29, 1.82) is 0 Å². The molecule has 0 amide bonds. The molecule has 0 spiro atoms. The van der Waals surface area contributed by atoms with E-state index in [4.69, 9.17) is 0 Å². The third-order valence-electron chi connectivity index (χ3n) is 2.12. The van der Waals surface area contributed by atoms with E-state index in [1.165, 1.54) is 0 Å². The van der Waals surface area contributed by atoms with Crippen LogP contribution in [0.3, 0.4) is 0 Å². The third-order valence-corrected chi connectivity index (χ3v) is 2.12. The average Bonchev–Trinajstić information content (AvgIpc) is 2.49. The maximum absolute atomic E-state index is 4.51. The smallest absolute Gasteiger partial charge is 0.126 e. The van der Waals surface area contributed by atoms with Crippen LogP contribution in [0.2, 0.25) is 0 Å². The summed E-state index contributed by atoms with van der Waals surface area (Å²) in [6, 6.07) is 0.576. The van der Waals surface area contributed by atoms with Gasteiger partial charge in [-0.3, -0.25) is 4.99 Å². The van der Waals surface area contributed by atoms with Crippen LogP contribution >= 0.6 is 0 Å². The quantitative estimate of drug-likeness (QED) is 0.614. The number of fused-ring (bicyclic) bond motifs is 1. The van der Waals surface area contributed by atoms with Gasteiger partial charge in [-0.2, -0.15) is 0 Å². The summed E-state index contributed by atoms with van der Waals surface area (Å²) in [5, 5.41) is 3.18. The first-order valence-corrected chi connectivity index (χ1v) is 4.32. The van der Waals surface area contributed by atoms with Gasteiger partial charge in [0.05, 0.1) is 12.1 Å². The number of aliphatic imine (C=N–C) groups is 2. The molecule has 0 bridgehead atoms. The summed E-state index contributed by atoms with van der Waals surface area (Å²) in [6.45, 7) is 4.23. The molecular weight excluding hydrogens is 150 g/mol. The monoisotopic (exact) mass is 163 g/mol. The molecule has 64 valence electrons.